The molecule has 0 spiro atoms. The molecule has 1 amide bonds. The normalized spacial score (nSPS) is 11.0. The molecule has 0 aliphatic heterocycles. The predicted molar refractivity (Wildman–Crippen MR) is 113 cm³/mol. The van der Waals surface area contributed by atoms with Crippen LogP contribution < -0.4 is 5.32 Å². The lowest BCUT2D eigenvalue weighted by atomic mass is 10.1. The molecule has 0 aliphatic rings. The van der Waals surface area contributed by atoms with Gasteiger partial charge in [0, 0.05) is 29.1 Å². The molecule has 1 aromatic heterocycles. The first kappa shape index (κ1) is 19.3. The Balaban J connectivity index is 1.64. The minimum atomic E-state index is -0.374. The second-order valence-electron chi connectivity index (χ2n) is 6.55. The second kappa shape index (κ2) is 8.53. The first-order valence-corrected chi connectivity index (χ1v) is 9.24. The summed E-state index contributed by atoms with van der Waals surface area (Å²) in [6.07, 6.45) is 4.82. The molecule has 4 aromatic rings. The number of hydrogen-bond donors (Lipinski definition) is 1. The molecule has 30 heavy (non-hydrogen) atoms. The summed E-state index contributed by atoms with van der Waals surface area (Å²) in [6, 6.07) is 21.1. The van der Waals surface area contributed by atoms with Crippen molar-refractivity contribution in [2.24, 2.45) is 0 Å². The lowest BCUT2D eigenvalue weighted by Gasteiger charge is -2.01. The van der Waals surface area contributed by atoms with E-state index >= 15 is 0 Å². The maximum absolute atomic E-state index is 13.3. The van der Waals surface area contributed by atoms with Gasteiger partial charge >= 0.3 is 0 Å². The zero-order valence-electron chi connectivity index (χ0n) is 15.8. The van der Waals surface area contributed by atoms with Crippen molar-refractivity contribution in [3.63, 3.8) is 0 Å². The maximum atomic E-state index is 13.3. The number of aromatic nitrogens is 2. The minimum Gasteiger partial charge on any atom is -0.323 e. The maximum Gasteiger partial charge on any atom is 0.248 e. The molecule has 4 nitrogen and oxygen atoms in total. The van der Waals surface area contributed by atoms with Crippen LogP contribution in [-0.4, -0.2) is 15.7 Å². The van der Waals surface area contributed by atoms with Crippen molar-refractivity contribution in [2.45, 2.75) is 0 Å². The van der Waals surface area contributed by atoms with Crippen LogP contribution in [0.3, 0.4) is 0 Å². The summed E-state index contributed by atoms with van der Waals surface area (Å²) in [5.74, 6) is -1.07. The van der Waals surface area contributed by atoms with Crippen LogP contribution in [0.1, 0.15) is 5.56 Å². The Morgan fingerprint density at radius 1 is 0.867 bits per heavy atom. The van der Waals surface area contributed by atoms with Crippen molar-refractivity contribution in [1.29, 1.82) is 0 Å². The van der Waals surface area contributed by atoms with Crippen LogP contribution in [0.2, 0.25) is 0 Å². The number of amides is 1. The van der Waals surface area contributed by atoms with Gasteiger partial charge in [-0.3, -0.25) is 4.79 Å². The number of halogens is 2. The van der Waals surface area contributed by atoms with Gasteiger partial charge in [0.15, 0.2) is 0 Å². The smallest absolute Gasteiger partial charge is 0.248 e. The molecule has 0 saturated heterocycles. The van der Waals surface area contributed by atoms with E-state index in [0.29, 0.717) is 16.9 Å². The monoisotopic (exact) mass is 401 g/mol. The van der Waals surface area contributed by atoms with Crippen LogP contribution in [0, 0.1) is 11.6 Å². The molecule has 1 N–H and O–H groups in total. The Kier molecular flexibility index (Phi) is 5.48. The molecule has 0 saturated carbocycles. The van der Waals surface area contributed by atoms with Crippen molar-refractivity contribution in [1.82, 2.24) is 9.78 Å². The summed E-state index contributed by atoms with van der Waals surface area (Å²) in [5, 5.41) is 7.30. The Morgan fingerprint density at radius 2 is 1.50 bits per heavy atom. The van der Waals surface area contributed by atoms with Crippen LogP contribution >= 0.6 is 0 Å². The van der Waals surface area contributed by atoms with Crippen LogP contribution in [0.5, 0.6) is 0 Å². The molecule has 0 bridgehead atoms. The largest absolute Gasteiger partial charge is 0.323 e. The minimum absolute atomic E-state index is 0.336. The fraction of sp³-hybridized carbons (Fsp3) is 0. The highest BCUT2D eigenvalue weighted by molar-refractivity contribution is 6.02. The van der Waals surface area contributed by atoms with Crippen molar-refractivity contribution in [3.05, 3.63) is 108 Å². The molecular formula is C24H17F2N3O. The van der Waals surface area contributed by atoms with Gasteiger partial charge in [-0.05, 0) is 66.7 Å². The fourth-order valence-electron chi connectivity index (χ4n) is 2.94. The number of carbonyl (C=O) groups excluding carboxylic acids is 1. The summed E-state index contributed by atoms with van der Waals surface area (Å²) in [4.78, 5) is 12.3. The van der Waals surface area contributed by atoms with E-state index < -0.39 is 0 Å². The number of para-hydroxylation sites is 1. The lowest BCUT2D eigenvalue weighted by Crippen LogP contribution is -2.07. The first-order valence-electron chi connectivity index (χ1n) is 9.24. The Labute approximate surface area is 172 Å². The Hall–Kier alpha value is -4.06. The zero-order valence-corrected chi connectivity index (χ0v) is 15.8. The number of anilines is 1. The van der Waals surface area contributed by atoms with Gasteiger partial charge in [-0.1, -0.05) is 18.2 Å². The summed E-state index contributed by atoms with van der Waals surface area (Å²) >= 11 is 0. The van der Waals surface area contributed by atoms with Gasteiger partial charge in [0.05, 0.1) is 11.4 Å². The molecule has 0 radical (unpaired) electrons. The molecule has 6 heteroatoms. The van der Waals surface area contributed by atoms with Crippen LogP contribution in [0.4, 0.5) is 14.5 Å². The third-order valence-corrected chi connectivity index (χ3v) is 4.41. The van der Waals surface area contributed by atoms with E-state index in [4.69, 9.17) is 0 Å². The number of hydrogen-bond acceptors (Lipinski definition) is 2. The number of benzene rings is 3. The second-order valence-corrected chi connectivity index (χ2v) is 6.55. The third-order valence-electron chi connectivity index (χ3n) is 4.41. The van der Waals surface area contributed by atoms with Gasteiger partial charge in [0.25, 0.3) is 0 Å². The highest BCUT2D eigenvalue weighted by Crippen LogP contribution is 2.25. The molecule has 0 fully saturated rings. The van der Waals surface area contributed by atoms with E-state index in [9.17, 15) is 13.6 Å². The topological polar surface area (TPSA) is 46.9 Å². The third kappa shape index (κ3) is 4.50. The van der Waals surface area contributed by atoms with E-state index in [1.165, 1.54) is 42.5 Å². The number of nitrogens with zero attached hydrogens (tertiary/aromatic N) is 2. The van der Waals surface area contributed by atoms with E-state index in [1.807, 2.05) is 30.3 Å². The van der Waals surface area contributed by atoms with Gasteiger partial charge < -0.3 is 5.32 Å². The lowest BCUT2D eigenvalue weighted by molar-refractivity contribution is -0.111. The summed E-state index contributed by atoms with van der Waals surface area (Å²) in [6.45, 7) is 0. The molecule has 4 rings (SSSR count). The van der Waals surface area contributed by atoms with Gasteiger partial charge in [-0.2, -0.15) is 5.10 Å². The number of rotatable bonds is 5. The van der Waals surface area contributed by atoms with Crippen molar-refractivity contribution < 1.29 is 13.6 Å². The Bertz CT molecular complexity index is 1180. The SMILES string of the molecule is O=C(/C=C/c1cn(-c2ccccc2)nc1-c1ccc(F)cc1)Nc1ccc(F)cc1. The summed E-state index contributed by atoms with van der Waals surface area (Å²) in [7, 11) is 0. The van der Waals surface area contributed by atoms with Crippen LogP contribution in [-0.2, 0) is 4.79 Å². The Morgan fingerprint density at radius 3 is 2.17 bits per heavy atom. The zero-order chi connectivity index (χ0) is 20.9. The van der Waals surface area contributed by atoms with Gasteiger partial charge in [-0.15, -0.1) is 0 Å². The highest BCUT2D eigenvalue weighted by atomic mass is 19.1. The summed E-state index contributed by atoms with van der Waals surface area (Å²) in [5.41, 5.74) is 3.38. The molecule has 1 heterocycles. The molecule has 0 aliphatic carbocycles. The molecular weight excluding hydrogens is 384 g/mol. The summed E-state index contributed by atoms with van der Waals surface area (Å²) < 4.78 is 28.1. The standard InChI is InChI=1S/C24H17F2N3O/c25-19-9-6-17(7-10-19)24-18(16-29(28-24)22-4-2-1-3-5-22)8-15-23(30)27-21-13-11-20(26)12-14-21/h1-16H,(H,27,30)/b15-8+. The van der Waals surface area contributed by atoms with E-state index in [1.54, 1.807) is 29.1 Å². The van der Waals surface area contributed by atoms with Crippen LogP contribution in [0.25, 0.3) is 23.0 Å². The molecule has 148 valence electrons. The van der Waals surface area contributed by atoms with Crippen molar-refractivity contribution in [2.75, 3.05) is 5.32 Å². The fourth-order valence-corrected chi connectivity index (χ4v) is 2.94. The van der Waals surface area contributed by atoms with E-state index in [2.05, 4.69) is 10.4 Å². The number of nitrogens with one attached hydrogen (secondary N) is 1. The average Bonchev–Trinajstić information content (AvgIpc) is 3.19. The van der Waals surface area contributed by atoms with Gasteiger partial charge in [-0.25, -0.2) is 13.5 Å². The quantitative estimate of drug-likeness (QED) is 0.451. The molecule has 0 atom stereocenters. The number of carbonyl (C=O) groups is 1. The van der Waals surface area contributed by atoms with Gasteiger partial charge in [0.2, 0.25) is 5.91 Å². The molecule has 0 unspecified atom stereocenters. The predicted octanol–water partition coefficient (Wildman–Crippen LogP) is 5.47. The van der Waals surface area contributed by atoms with Gasteiger partial charge in [0.1, 0.15) is 11.6 Å². The first-order chi connectivity index (χ1) is 14.6. The van der Waals surface area contributed by atoms with E-state index in [0.717, 1.165) is 11.3 Å². The van der Waals surface area contributed by atoms with E-state index in [-0.39, 0.29) is 17.5 Å². The highest BCUT2D eigenvalue weighted by Gasteiger charge is 2.11. The average molecular weight is 401 g/mol. The van der Waals surface area contributed by atoms with Crippen molar-refractivity contribution >= 4 is 17.7 Å². The molecule has 3 aromatic carbocycles. The van der Waals surface area contributed by atoms with Crippen LogP contribution in [0.15, 0.2) is 91.1 Å². The van der Waals surface area contributed by atoms with Crippen molar-refractivity contribution in [3.8, 4) is 16.9 Å².